The van der Waals surface area contributed by atoms with Crippen LogP contribution in [-0.2, 0) is 15.4 Å². The van der Waals surface area contributed by atoms with Gasteiger partial charge in [-0.15, -0.1) is 0 Å². The van der Waals surface area contributed by atoms with Crippen molar-refractivity contribution >= 4 is 21.4 Å². The minimum atomic E-state index is -3.37. The molecule has 19 heavy (non-hydrogen) atoms. The van der Waals surface area contributed by atoms with E-state index in [1.54, 1.807) is 13.0 Å². The van der Waals surface area contributed by atoms with E-state index in [9.17, 15) is 8.42 Å². The van der Waals surface area contributed by atoms with Gasteiger partial charge in [-0.05, 0) is 30.0 Å². The lowest BCUT2D eigenvalue weighted by molar-refractivity contribution is 0.418. The van der Waals surface area contributed by atoms with E-state index in [0.717, 1.165) is 5.56 Å². The van der Waals surface area contributed by atoms with E-state index in [-0.39, 0.29) is 11.2 Å². The molecule has 1 aromatic carbocycles. The molecule has 0 saturated heterocycles. The molecular weight excluding hydrogens is 264 g/mol. The highest BCUT2D eigenvalue weighted by Gasteiger charge is 2.20. The number of ether oxygens (including phenoxy) is 1. The number of nitrogens with one attached hydrogen (secondary N) is 1. The van der Waals surface area contributed by atoms with Crippen molar-refractivity contribution in [1.29, 1.82) is 0 Å². The topological polar surface area (TPSA) is 81.4 Å². The molecule has 3 N–H and O–H groups in total. The molecule has 0 saturated carbocycles. The standard InChI is InChI=1S/C13H22N2O3S/c1-6-19(16,17)15-11-8-9(13(2,3)4)7-10(14)12(11)18-5/h7-8,15H,6,14H2,1-5H3. The molecule has 0 atom stereocenters. The number of methoxy groups -OCH3 is 1. The van der Waals surface area contributed by atoms with Crippen LogP contribution in [0.2, 0.25) is 0 Å². The van der Waals surface area contributed by atoms with E-state index < -0.39 is 10.0 Å². The molecule has 0 heterocycles. The molecule has 5 nitrogen and oxygen atoms in total. The number of sulfonamides is 1. The van der Waals surface area contributed by atoms with Crippen LogP contribution >= 0.6 is 0 Å². The van der Waals surface area contributed by atoms with Crippen molar-refractivity contribution in [3.8, 4) is 5.75 Å². The molecule has 0 fully saturated rings. The van der Waals surface area contributed by atoms with Crippen LogP contribution in [0.1, 0.15) is 33.3 Å². The third-order valence-electron chi connectivity index (χ3n) is 2.83. The summed E-state index contributed by atoms with van der Waals surface area (Å²) in [4.78, 5) is 0. The Bertz CT molecular complexity index is 560. The minimum absolute atomic E-state index is 0.00416. The first kappa shape index (κ1) is 15.6. The first-order valence-electron chi connectivity index (χ1n) is 6.09. The molecule has 0 amide bonds. The molecule has 0 aliphatic rings. The van der Waals surface area contributed by atoms with Crippen LogP contribution in [0.4, 0.5) is 11.4 Å². The molecular formula is C13H22N2O3S. The third kappa shape index (κ3) is 3.76. The Kier molecular flexibility index (Phi) is 4.35. The molecule has 0 unspecified atom stereocenters. The summed E-state index contributed by atoms with van der Waals surface area (Å²) in [6.45, 7) is 7.68. The maximum absolute atomic E-state index is 11.7. The smallest absolute Gasteiger partial charge is 0.232 e. The zero-order valence-electron chi connectivity index (χ0n) is 12.1. The van der Waals surface area contributed by atoms with E-state index in [1.807, 2.05) is 26.8 Å². The lowest BCUT2D eigenvalue weighted by Gasteiger charge is -2.22. The van der Waals surface area contributed by atoms with Crippen LogP contribution in [0.5, 0.6) is 5.75 Å². The first-order chi connectivity index (χ1) is 8.60. The van der Waals surface area contributed by atoms with E-state index in [2.05, 4.69) is 4.72 Å². The highest BCUT2D eigenvalue weighted by atomic mass is 32.2. The SMILES string of the molecule is CCS(=O)(=O)Nc1cc(C(C)(C)C)cc(N)c1OC. The average Bonchev–Trinajstić information content (AvgIpc) is 2.27. The highest BCUT2D eigenvalue weighted by Crippen LogP contribution is 2.37. The number of benzene rings is 1. The number of nitrogens with two attached hydrogens (primary N) is 1. The Labute approximate surface area is 115 Å². The summed E-state index contributed by atoms with van der Waals surface area (Å²) in [6.07, 6.45) is 0. The third-order valence-corrected chi connectivity index (χ3v) is 4.12. The van der Waals surface area contributed by atoms with Gasteiger partial charge in [0.15, 0.2) is 5.75 Å². The largest absolute Gasteiger partial charge is 0.492 e. The van der Waals surface area contributed by atoms with Crippen LogP contribution in [0.3, 0.4) is 0 Å². The molecule has 1 rings (SSSR count). The van der Waals surface area contributed by atoms with Crippen molar-refractivity contribution in [1.82, 2.24) is 0 Å². The number of nitrogen functional groups attached to an aromatic ring is 1. The van der Waals surface area contributed by atoms with Crippen molar-refractivity contribution < 1.29 is 13.2 Å². The fourth-order valence-electron chi connectivity index (χ4n) is 1.63. The summed E-state index contributed by atoms with van der Waals surface area (Å²) in [5, 5.41) is 0. The second-order valence-electron chi connectivity index (χ2n) is 5.40. The quantitative estimate of drug-likeness (QED) is 0.832. The van der Waals surface area contributed by atoms with Crippen LogP contribution in [0.15, 0.2) is 12.1 Å². The Morgan fingerprint density at radius 3 is 2.32 bits per heavy atom. The fraction of sp³-hybridized carbons (Fsp3) is 0.538. The molecule has 1 aromatic rings. The van der Waals surface area contributed by atoms with Crippen LogP contribution < -0.4 is 15.2 Å². The van der Waals surface area contributed by atoms with Crippen molar-refractivity contribution in [3.63, 3.8) is 0 Å². The summed E-state index contributed by atoms with van der Waals surface area (Å²) in [5.41, 5.74) is 7.55. The van der Waals surface area contributed by atoms with Crippen LogP contribution in [-0.4, -0.2) is 21.3 Å². The van der Waals surface area contributed by atoms with Crippen LogP contribution in [0, 0.1) is 0 Å². The molecule has 108 valence electrons. The van der Waals surface area contributed by atoms with Gasteiger partial charge in [0.1, 0.15) is 0 Å². The van der Waals surface area contributed by atoms with E-state index >= 15 is 0 Å². The van der Waals surface area contributed by atoms with Gasteiger partial charge in [0.05, 0.1) is 24.2 Å². The molecule has 0 bridgehead atoms. The summed E-state index contributed by atoms with van der Waals surface area (Å²) < 4.78 is 31.1. The normalized spacial score (nSPS) is 12.3. The molecule has 0 radical (unpaired) electrons. The van der Waals surface area contributed by atoms with Gasteiger partial charge in [-0.3, -0.25) is 4.72 Å². The Morgan fingerprint density at radius 1 is 1.32 bits per heavy atom. The second-order valence-corrected chi connectivity index (χ2v) is 7.41. The highest BCUT2D eigenvalue weighted by molar-refractivity contribution is 7.92. The Hall–Kier alpha value is -1.43. The van der Waals surface area contributed by atoms with Gasteiger partial charge in [0, 0.05) is 0 Å². The monoisotopic (exact) mass is 286 g/mol. The maximum Gasteiger partial charge on any atom is 0.232 e. The Balaban J connectivity index is 3.39. The predicted molar refractivity (Wildman–Crippen MR) is 79.2 cm³/mol. The van der Waals surface area contributed by atoms with Crippen molar-refractivity contribution in [2.24, 2.45) is 0 Å². The van der Waals surface area contributed by atoms with Gasteiger partial charge in [-0.2, -0.15) is 0 Å². The molecule has 0 spiro atoms. The summed E-state index contributed by atoms with van der Waals surface area (Å²) in [7, 11) is -1.91. The molecule has 6 heteroatoms. The second kappa shape index (κ2) is 5.28. The van der Waals surface area contributed by atoms with Gasteiger partial charge >= 0.3 is 0 Å². The number of hydrogen-bond acceptors (Lipinski definition) is 4. The van der Waals surface area contributed by atoms with Gasteiger partial charge in [-0.25, -0.2) is 8.42 Å². The number of anilines is 2. The Morgan fingerprint density at radius 2 is 1.89 bits per heavy atom. The minimum Gasteiger partial charge on any atom is -0.492 e. The molecule has 0 aliphatic heterocycles. The van der Waals surface area contributed by atoms with Gasteiger partial charge < -0.3 is 10.5 Å². The molecule has 0 aliphatic carbocycles. The van der Waals surface area contributed by atoms with Crippen LogP contribution in [0.25, 0.3) is 0 Å². The summed E-state index contributed by atoms with van der Waals surface area (Å²) in [5.74, 6) is 0.348. The van der Waals surface area contributed by atoms with E-state index in [0.29, 0.717) is 17.1 Å². The van der Waals surface area contributed by atoms with Crippen molar-refractivity contribution in [2.45, 2.75) is 33.1 Å². The first-order valence-corrected chi connectivity index (χ1v) is 7.74. The lowest BCUT2D eigenvalue weighted by atomic mass is 9.86. The predicted octanol–water partition coefficient (Wildman–Crippen LogP) is 2.34. The average molecular weight is 286 g/mol. The van der Waals surface area contributed by atoms with Crippen molar-refractivity contribution in [3.05, 3.63) is 17.7 Å². The van der Waals surface area contributed by atoms with Crippen molar-refractivity contribution in [2.75, 3.05) is 23.3 Å². The zero-order valence-corrected chi connectivity index (χ0v) is 12.9. The van der Waals surface area contributed by atoms with Gasteiger partial charge in [0.25, 0.3) is 0 Å². The maximum atomic E-state index is 11.7. The van der Waals surface area contributed by atoms with E-state index in [1.165, 1.54) is 7.11 Å². The summed E-state index contributed by atoms with van der Waals surface area (Å²) in [6, 6.07) is 3.57. The van der Waals surface area contributed by atoms with Gasteiger partial charge in [-0.1, -0.05) is 20.8 Å². The number of hydrogen-bond donors (Lipinski definition) is 2. The lowest BCUT2D eigenvalue weighted by Crippen LogP contribution is -2.18. The van der Waals surface area contributed by atoms with E-state index in [4.69, 9.17) is 10.5 Å². The number of rotatable bonds is 4. The van der Waals surface area contributed by atoms with Gasteiger partial charge in [0.2, 0.25) is 10.0 Å². The zero-order chi connectivity index (χ0) is 14.8. The summed E-state index contributed by atoms with van der Waals surface area (Å²) >= 11 is 0. The fourth-order valence-corrected chi connectivity index (χ4v) is 2.26. The molecule has 0 aromatic heterocycles.